The second-order valence-electron chi connectivity index (χ2n) is 7.83. The molecule has 2 heterocycles. The normalized spacial score (nSPS) is 13.3. The van der Waals surface area contributed by atoms with Crippen LogP contribution in [0.15, 0.2) is 46.0 Å². The van der Waals surface area contributed by atoms with Crippen molar-refractivity contribution in [3.63, 3.8) is 0 Å². The van der Waals surface area contributed by atoms with Crippen LogP contribution in [0.4, 0.5) is 10.7 Å². The molecule has 3 aromatic rings. The van der Waals surface area contributed by atoms with Crippen LogP contribution in [0.25, 0.3) is 0 Å². The number of nitrogens with one attached hydrogen (secondary N) is 1. The van der Waals surface area contributed by atoms with E-state index in [1.165, 1.54) is 4.88 Å². The van der Waals surface area contributed by atoms with Gasteiger partial charge < -0.3 is 19.7 Å². The van der Waals surface area contributed by atoms with E-state index in [9.17, 15) is 9.90 Å². The highest BCUT2D eigenvalue weighted by atomic mass is 32.1. The Hall–Kier alpha value is -3.06. The maximum Gasteiger partial charge on any atom is 0.255 e. The molecular formula is C25H29N3O3S. The van der Waals surface area contributed by atoms with Crippen LogP contribution in [0.5, 0.6) is 5.75 Å². The fourth-order valence-corrected chi connectivity index (χ4v) is 5.33. The molecule has 0 unspecified atom stereocenters. The lowest BCUT2D eigenvalue weighted by atomic mass is 9.95. The van der Waals surface area contributed by atoms with Crippen molar-refractivity contribution >= 4 is 34.1 Å². The van der Waals surface area contributed by atoms with Crippen LogP contribution >= 0.6 is 11.3 Å². The Morgan fingerprint density at radius 3 is 2.78 bits per heavy atom. The summed E-state index contributed by atoms with van der Waals surface area (Å²) in [6, 6.07) is 9.28. The van der Waals surface area contributed by atoms with Gasteiger partial charge >= 0.3 is 0 Å². The number of hydrogen-bond donors (Lipinski definition) is 2. The summed E-state index contributed by atoms with van der Waals surface area (Å²) in [6.45, 7) is 6.27. The zero-order valence-corrected chi connectivity index (χ0v) is 19.4. The van der Waals surface area contributed by atoms with Gasteiger partial charge in [-0.15, -0.1) is 11.3 Å². The lowest BCUT2D eigenvalue weighted by Gasteiger charge is -2.21. The van der Waals surface area contributed by atoms with Gasteiger partial charge in [-0.25, -0.2) is 4.99 Å². The second kappa shape index (κ2) is 10.0. The maximum atomic E-state index is 13.1. The fraction of sp³-hybridized carbons (Fsp3) is 0.360. The van der Waals surface area contributed by atoms with Gasteiger partial charge in [0.15, 0.2) is 0 Å². The molecule has 2 N–H and O–H groups in total. The highest BCUT2D eigenvalue weighted by molar-refractivity contribution is 7.16. The number of benzene rings is 1. The Bertz CT molecular complexity index is 1100. The van der Waals surface area contributed by atoms with Crippen molar-refractivity contribution in [2.75, 3.05) is 18.0 Å². The zero-order valence-electron chi connectivity index (χ0n) is 18.6. The summed E-state index contributed by atoms with van der Waals surface area (Å²) < 4.78 is 5.33. The number of hydrogen-bond acceptors (Lipinski definition) is 6. The first-order valence-corrected chi connectivity index (χ1v) is 12.0. The monoisotopic (exact) mass is 451 g/mol. The van der Waals surface area contributed by atoms with E-state index in [0.29, 0.717) is 28.4 Å². The Labute approximate surface area is 192 Å². The van der Waals surface area contributed by atoms with Crippen LogP contribution in [-0.4, -0.2) is 30.3 Å². The van der Waals surface area contributed by atoms with Crippen LogP contribution in [-0.2, 0) is 19.4 Å². The summed E-state index contributed by atoms with van der Waals surface area (Å²) in [5, 5.41) is 14.2. The van der Waals surface area contributed by atoms with Gasteiger partial charge in [-0.3, -0.25) is 4.79 Å². The molecule has 1 aliphatic carbocycles. The molecule has 7 heteroatoms. The number of phenolic OH excluding ortho intramolecular Hbond substituents is 1. The minimum Gasteiger partial charge on any atom is -0.507 e. The van der Waals surface area contributed by atoms with Crippen LogP contribution < -0.4 is 10.2 Å². The van der Waals surface area contributed by atoms with E-state index in [1.807, 2.05) is 24.3 Å². The maximum absolute atomic E-state index is 13.1. The van der Waals surface area contributed by atoms with Gasteiger partial charge in [0.25, 0.3) is 5.91 Å². The van der Waals surface area contributed by atoms with E-state index < -0.39 is 0 Å². The van der Waals surface area contributed by atoms with Gasteiger partial charge in [0.05, 0.1) is 18.4 Å². The van der Waals surface area contributed by atoms with Crippen molar-refractivity contribution in [1.29, 1.82) is 0 Å². The molecular weight excluding hydrogens is 422 g/mol. The van der Waals surface area contributed by atoms with Gasteiger partial charge in [0, 0.05) is 41.5 Å². The summed E-state index contributed by atoms with van der Waals surface area (Å²) in [7, 11) is 0. The van der Waals surface area contributed by atoms with Gasteiger partial charge in [0.2, 0.25) is 0 Å². The largest absolute Gasteiger partial charge is 0.507 e. The standard InChI is InChI=1S/C25H29N3O3S/c1-3-28(4-2)18-12-11-17(21(29)14-18)15-27-25-23(20-9-5-6-10-22(20)32-25)24(30)26-16-19-8-7-13-31-19/h7-8,11-15,29H,3-6,9-10,16H2,1-2H3,(H,26,30). The number of aromatic hydroxyl groups is 1. The van der Waals surface area contributed by atoms with Crippen molar-refractivity contribution in [3.8, 4) is 5.75 Å². The number of nitrogens with zero attached hydrogens (tertiary/aromatic N) is 2. The predicted molar refractivity (Wildman–Crippen MR) is 130 cm³/mol. The molecule has 4 rings (SSSR count). The highest BCUT2D eigenvalue weighted by Crippen LogP contribution is 2.40. The zero-order chi connectivity index (χ0) is 22.5. The second-order valence-corrected chi connectivity index (χ2v) is 8.91. The van der Waals surface area contributed by atoms with Gasteiger partial charge in [-0.05, 0) is 69.4 Å². The average Bonchev–Trinajstić information content (AvgIpc) is 3.45. The number of aliphatic imine (C=N–C) groups is 1. The van der Waals surface area contributed by atoms with E-state index >= 15 is 0 Å². The number of carbonyl (C=O) groups is 1. The van der Waals surface area contributed by atoms with Crippen molar-refractivity contribution in [2.24, 2.45) is 4.99 Å². The van der Waals surface area contributed by atoms with Crippen molar-refractivity contribution in [3.05, 3.63) is 63.9 Å². The summed E-state index contributed by atoms with van der Waals surface area (Å²) in [5.41, 5.74) is 3.39. The molecule has 1 aliphatic rings. The van der Waals surface area contributed by atoms with Crippen LogP contribution in [0.1, 0.15) is 58.8 Å². The van der Waals surface area contributed by atoms with Crippen molar-refractivity contribution in [1.82, 2.24) is 5.32 Å². The molecule has 1 amide bonds. The fourth-order valence-electron chi connectivity index (χ4n) is 4.10. The first-order chi connectivity index (χ1) is 15.6. The highest BCUT2D eigenvalue weighted by Gasteiger charge is 2.25. The molecule has 0 atom stereocenters. The molecule has 32 heavy (non-hydrogen) atoms. The molecule has 1 aromatic carbocycles. The molecule has 0 bridgehead atoms. The van der Waals surface area contributed by atoms with Crippen LogP contribution in [0.3, 0.4) is 0 Å². The average molecular weight is 452 g/mol. The molecule has 0 spiro atoms. The molecule has 2 aromatic heterocycles. The third-order valence-corrected chi connectivity index (χ3v) is 7.05. The number of anilines is 1. The molecule has 0 saturated carbocycles. The molecule has 0 aliphatic heterocycles. The van der Waals surface area contributed by atoms with Crippen molar-refractivity contribution in [2.45, 2.75) is 46.1 Å². The Morgan fingerprint density at radius 2 is 2.06 bits per heavy atom. The number of amides is 1. The molecule has 0 saturated heterocycles. The van der Waals surface area contributed by atoms with Crippen molar-refractivity contribution < 1.29 is 14.3 Å². The quantitative estimate of drug-likeness (QED) is 0.446. The van der Waals surface area contributed by atoms with E-state index in [1.54, 1.807) is 29.9 Å². The van der Waals surface area contributed by atoms with Crippen LogP contribution in [0, 0.1) is 0 Å². The summed E-state index contributed by atoms with van der Waals surface area (Å²) >= 11 is 1.58. The smallest absolute Gasteiger partial charge is 0.255 e. The Kier molecular flexibility index (Phi) is 6.95. The number of furan rings is 1. The SMILES string of the molecule is CCN(CC)c1ccc(C=Nc2sc3c(c2C(=O)NCc2ccco2)CCCC3)c(O)c1. The lowest BCUT2D eigenvalue weighted by molar-refractivity contribution is 0.0948. The lowest BCUT2D eigenvalue weighted by Crippen LogP contribution is -2.23. The minimum absolute atomic E-state index is 0.131. The number of fused-ring (bicyclic) bond motifs is 1. The first-order valence-electron chi connectivity index (χ1n) is 11.2. The van der Waals surface area contributed by atoms with E-state index in [0.717, 1.165) is 50.0 Å². The third-order valence-electron chi connectivity index (χ3n) is 5.85. The van der Waals surface area contributed by atoms with E-state index in [4.69, 9.17) is 4.42 Å². The summed E-state index contributed by atoms with van der Waals surface area (Å²) in [6.07, 6.45) is 7.35. The van der Waals surface area contributed by atoms with Crippen LogP contribution in [0.2, 0.25) is 0 Å². The number of thiophene rings is 1. The number of carbonyl (C=O) groups excluding carboxylic acids is 1. The van der Waals surface area contributed by atoms with Gasteiger partial charge in [-0.2, -0.15) is 0 Å². The van der Waals surface area contributed by atoms with Gasteiger partial charge in [0.1, 0.15) is 16.5 Å². The number of rotatable bonds is 8. The summed E-state index contributed by atoms with van der Waals surface area (Å²) in [5.74, 6) is 0.767. The summed E-state index contributed by atoms with van der Waals surface area (Å²) in [4.78, 5) is 21.2. The Morgan fingerprint density at radius 1 is 1.25 bits per heavy atom. The topological polar surface area (TPSA) is 78.1 Å². The van der Waals surface area contributed by atoms with E-state index in [-0.39, 0.29) is 11.7 Å². The predicted octanol–water partition coefficient (Wildman–Crippen LogP) is 5.45. The molecule has 168 valence electrons. The minimum atomic E-state index is -0.131. The number of phenols is 1. The van der Waals surface area contributed by atoms with E-state index in [2.05, 4.69) is 29.1 Å². The first kappa shape index (κ1) is 22.1. The Balaban J connectivity index is 1.60. The van der Waals surface area contributed by atoms with Gasteiger partial charge in [-0.1, -0.05) is 0 Å². The molecule has 0 radical (unpaired) electrons. The molecule has 6 nitrogen and oxygen atoms in total. The molecule has 0 fully saturated rings. The number of aryl methyl sites for hydroxylation is 1. The third kappa shape index (κ3) is 4.72.